The molecule has 0 bridgehead atoms. The number of H-pyrrole nitrogens is 2. The molecule has 28 heteroatoms. The minimum Gasteiger partial charge on any atom is -0.400 e. The summed E-state index contributed by atoms with van der Waals surface area (Å²) in [4.78, 5) is 49.6. The zero-order valence-corrected chi connectivity index (χ0v) is 42.8. The Hall–Kier alpha value is -7.30. The molecule has 2 amide bonds. The molecule has 0 spiro atoms. The number of aliphatic hydroxyl groups excluding tert-OH is 1. The van der Waals surface area contributed by atoms with Crippen LogP contribution < -0.4 is 28.2 Å². The normalized spacial score (nSPS) is 22.2. The van der Waals surface area contributed by atoms with Gasteiger partial charge in [-0.25, -0.2) is 19.8 Å². The first-order chi connectivity index (χ1) is 37.4. The van der Waals surface area contributed by atoms with Gasteiger partial charge in [0, 0.05) is 19.1 Å². The predicted molar refractivity (Wildman–Crippen MR) is 268 cm³/mol. The van der Waals surface area contributed by atoms with Crippen molar-refractivity contribution in [2.45, 2.75) is 119 Å². The number of aromatic amines is 2. The average molecular weight is 1160 g/mol. The number of alkyl halides is 12. The van der Waals surface area contributed by atoms with Crippen molar-refractivity contribution in [1.29, 1.82) is 0 Å². The van der Waals surface area contributed by atoms with Gasteiger partial charge in [0.15, 0.2) is 0 Å². The van der Waals surface area contributed by atoms with Crippen LogP contribution in [0.1, 0.15) is 117 Å². The van der Waals surface area contributed by atoms with Gasteiger partial charge in [-0.2, -0.15) is 62.9 Å². The summed E-state index contributed by atoms with van der Waals surface area (Å²) in [6, 6.07) is 20.6. The molecule has 3 heterocycles. The van der Waals surface area contributed by atoms with Gasteiger partial charge in [0.05, 0.1) is 53.2 Å². The number of rotatable bonds is 14. The molecule has 4 atom stereocenters. The maximum atomic E-state index is 13.4. The van der Waals surface area contributed by atoms with E-state index >= 15 is 0 Å². The van der Waals surface area contributed by atoms with E-state index in [9.17, 15) is 71.9 Å². The Kier molecular flexibility index (Phi) is 19.8. The number of nitrogens with two attached hydrogens (primary N) is 2. The zero-order valence-electron chi connectivity index (χ0n) is 42.8. The number of halogens is 12. The van der Waals surface area contributed by atoms with Crippen LogP contribution in [0.25, 0.3) is 0 Å². The van der Waals surface area contributed by atoms with E-state index in [0.717, 1.165) is 28.1 Å². The summed E-state index contributed by atoms with van der Waals surface area (Å²) in [5.41, 5.74) is 0.843. The van der Waals surface area contributed by atoms with Gasteiger partial charge >= 0.3 is 36.1 Å². The number of nitrogens with zero attached hydrogens (tertiary/aromatic N) is 4. The Balaban J connectivity index is 0.000000285. The maximum Gasteiger partial charge on any atom is 0.416 e. The molecule has 2 aromatic heterocycles. The Morgan fingerprint density at radius 2 is 0.926 bits per heavy atom. The number of aliphatic hydroxyl groups is 1. The van der Waals surface area contributed by atoms with E-state index in [1.165, 1.54) is 20.2 Å². The zero-order chi connectivity index (χ0) is 59.3. The topological polar surface area (TPSA) is 238 Å². The summed E-state index contributed by atoms with van der Waals surface area (Å²) in [6.45, 7) is 2.39. The molecule has 2 fully saturated rings. The van der Waals surface area contributed by atoms with Crippen LogP contribution in [0.5, 0.6) is 0 Å². The number of benzene rings is 4. The summed E-state index contributed by atoms with van der Waals surface area (Å²) < 4.78 is 174. The molecule has 4 aromatic carbocycles. The first-order valence-electron chi connectivity index (χ1n) is 24.3. The van der Waals surface area contributed by atoms with Crippen molar-refractivity contribution in [3.63, 3.8) is 0 Å². The number of hydrogen-bond acceptors (Lipinski definition) is 10. The lowest BCUT2D eigenvalue weighted by atomic mass is 9.64. The highest BCUT2D eigenvalue weighted by Gasteiger charge is 2.51. The molecular weight excluding hydrogens is 1100 g/mol. The lowest BCUT2D eigenvalue weighted by molar-refractivity contribution is -0.145. The molecule has 1 saturated heterocycles. The van der Waals surface area contributed by atoms with Gasteiger partial charge in [-0.05, 0) is 111 Å². The highest BCUT2D eigenvalue weighted by molar-refractivity contribution is 5.83. The number of amides is 2. The largest absolute Gasteiger partial charge is 0.416 e. The van der Waals surface area contributed by atoms with Gasteiger partial charge in [-0.1, -0.05) is 68.1 Å². The average Bonchev–Trinajstić information content (AvgIpc) is 4.09. The van der Waals surface area contributed by atoms with Crippen LogP contribution >= 0.6 is 0 Å². The number of hydrogen-bond donors (Lipinski definition) is 6. The molecule has 2 aliphatic rings. The molecule has 16 nitrogen and oxygen atoms in total. The second kappa shape index (κ2) is 24.8. The Morgan fingerprint density at radius 3 is 1.26 bits per heavy atom. The number of nitrogens with one attached hydrogen (secondary N) is 3. The van der Waals surface area contributed by atoms with E-state index in [2.05, 4.69) is 25.7 Å². The van der Waals surface area contributed by atoms with Crippen LogP contribution in [0.3, 0.4) is 0 Å². The van der Waals surface area contributed by atoms with Crippen molar-refractivity contribution in [3.05, 3.63) is 175 Å². The molecule has 1 saturated carbocycles. The Labute approximate surface area is 454 Å². The van der Waals surface area contributed by atoms with Crippen molar-refractivity contribution in [2.24, 2.45) is 11.5 Å². The lowest BCUT2D eigenvalue weighted by Crippen LogP contribution is -2.64. The number of piperidine rings is 1. The van der Waals surface area contributed by atoms with Crippen molar-refractivity contribution in [1.82, 2.24) is 34.8 Å². The van der Waals surface area contributed by atoms with Gasteiger partial charge in [-0.3, -0.25) is 18.7 Å². The molecule has 8 rings (SSSR count). The minimum absolute atomic E-state index is 0. The summed E-state index contributed by atoms with van der Waals surface area (Å²) in [5, 5.41) is 22.1. The molecule has 1 aliphatic heterocycles. The van der Waals surface area contributed by atoms with Gasteiger partial charge in [0.2, 0.25) is 11.8 Å². The van der Waals surface area contributed by atoms with Gasteiger partial charge in [0.25, 0.3) is 0 Å². The van der Waals surface area contributed by atoms with Crippen molar-refractivity contribution >= 4 is 11.8 Å². The fraction of sp³-hybridized carbons (Fsp3) is 0.434. The van der Waals surface area contributed by atoms with Crippen molar-refractivity contribution in [2.75, 3.05) is 26.9 Å². The second-order valence-corrected chi connectivity index (χ2v) is 19.4. The maximum absolute atomic E-state index is 13.4. The SMILES string of the molecule is C.CO.C[C@@H](OCC1(c2ccccc2)CCC(C(N)=O)(n2cn[nH]c2=O)CC1)c1cc(C(F)(F)F)cc(C(F)(F)F)c1.C[C@@H](OC[C@@]1(c2ccccc2)CC[C@](C(N)=O)(n2cn[nH]c2=O)CN1)c1cc(C(F)(F)F)cc(C(F)(F)F)c1. The molecule has 81 heavy (non-hydrogen) atoms. The minimum atomic E-state index is -4.99. The third-order valence-electron chi connectivity index (χ3n) is 14.7. The van der Waals surface area contributed by atoms with E-state index in [-0.39, 0.29) is 76.1 Å². The summed E-state index contributed by atoms with van der Waals surface area (Å²) in [5.74, 6) is -1.50. The third kappa shape index (κ3) is 14.1. The highest BCUT2D eigenvalue weighted by Crippen LogP contribution is 2.48. The number of aromatic nitrogens is 6. The van der Waals surface area contributed by atoms with Crippen LogP contribution in [0.15, 0.2) is 119 Å². The standard InChI is InChI=1S/C26H26F6N4O3.C25H25F6N5O3.CH4O.CH4/c1-16(17-11-19(25(27,28)29)13-20(12-17)26(30,31)32)39-14-23(18-5-3-2-4-6-18)7-9-24(10-8-23,21(33)37)36-15-34-35-22(36)38;1-15(16-9-18(24(26,27)28)11-19(10-16)25(29,30)31)39-13-22(17-5-3-2-4-6-17)7-8-23(12-33-22,20(32)37)36-14-34-35-21(36)38;1-2;/h2-6,11-13,15-16H,7-10,14H2,1H3,(H2,33,37)(H,35,38);2-6,9-11,14-15,33H,7-8,12-13H2,1H3,(H2,32,37)(H,35,38);2H,1H3;1H4/t16-,23?,24?;15-,22-,23+;;/m11../s1. The molecule has 8 N–H and O–H groups in total. The number of carbonyl (C=O) groups excluding carboxylic acids is 2. The van der Waals surface area contributed by atoms with E-state index in [4.69, 9.17) is 26.0 Å². The fourth-order valence-electron chi connectivity index (χ4n) is 9.99. The van der Waals surface area contributed by atoms with E-state index in [0.29, 0.717) is 42.7 Å². The molecule has 6 aromatic rings. The van der Waals surface area contributed by atoms with Crippen molar-refractivity contribution in [3.8, 4) is 0 Å². The molecule has 0 radical (unpaired) electrons. The van der Waals surface area contributed by atoms with Crippen LogP contribution in [-0.2, 0) is 65.8 Å². The quantitative estimate of drug-likeness (QED) is 0.0566. The van der Waals surface area contributed by atoms with Gasteiger partial charge in [0.1, 0.15) is 23.7 Å². The molecule has 1 aliphatic carbocycles. The first-order valence-corrected chi connectivity index (χ1v) is 24.3. The van der Waals surface area contributed by atoms with Crippen LogP contribution in [0, 0.1) is 0 Å². The number of ether oxygens (including phenoxy) is 2. The fourth-order valence-corrected chi connectivity index (χ4v) is 9.99. The Bertz CT molecular complexity index is 2900. The van der Waals surface area contributed by atoms with Gasteiger partial charge in [-0.15, -0.1) is 0 Å². The first kappa shape index (κ1) is 64.5. The molecular formula is C53H59F12N9O7. The summed E-state index contributed by atoms with van der Waals surface area (Å²) in [6.07, 6.45) is -18.7. The number of primary amides is 2. The van der Waals surface area contributed by atoms with Crippen LogP contribution in [0.4, 0.5) is 52.7 Å². The monoisotopic (exact) mass is 1160 g/mol. The third-order valence-corrected chi connectivity index (χ3v) is 14.7. The second-order valence-electron chi connectivity index (χ2n) is 19.4. The van der Waals surface area contributed by atoms with Crippen LogP contribution in [-0.4, -0.2) is 73.3 Å². The van der Waals surface area contributed by atoms with E-state index in [1.807, 2.05) is 12.1 Å². The van der Waals surface area contributed by atoms with E-state index < -0.39 is 104 Å². The molecule has 442 valence electrons. The Morgan fingerprint density at radius 1 is 0.568 bits per heavy atom. The van der Waals surface area contributed by atoms with Gasteiger partial charge < -0.3 is 31.4 Å². The smallest absolute Gasteiger partial charge is 0.400 e. The van der Waals surface area contributed by atoms with Crippen LogP contribution in [0.2, 0.25) is 0 Å². The van der Waals surface area contributed by atoms with Crippen molar-refractivity contribution < 1.29 is 76.9 Å². The highest BCUT2D eigenvalue weighted by atomic mass is 19.4. The predicted octanol–water partition coefficient (Wildman–Crippen LogP) is 9.17. The lowest BCUT2D eigenvalue weighted by Gasteiger charge is -2.46. The van der Waals surface area contributed by atoms with E-state index in [1.54, 1.807) is 48.5 Å². The number of carbonyl (C=O) groups is 2. The summed E-state index contributed by atoms with van der Waals surface area (Å²) in [7, 11) is 1.00. The molecule has 0 unspecified atom stereocenters. The summed E-state index contributed by atoms with van der Waals surface area (Å²) >= 11 is 0.